The molecular weight excluding hydrogens is 490 g/mol. The molecule has 7 N–H and O–H groups in total. The number of primary amides is 1. The fourth-order valence-corrected chi connectivity index (χ4v) is 6.08. The highest BCUT2D eigenvalue weighted by Crippen LogP contribution is 2.53. The van der Waals surface area contributed by atoms with Crippen LogP contribution in [0.2, 0.25) is 5.02 Å². The molecule has 0 aliphatic heterocycles. The minimum Gasteiger partial charge on any atom is -0.508 e. The lowest BCUT2D eigenvalue weighted by Crippen LogP contribution is -2.65. The lowest BCUT2D eigenvalue weighted by Gasteiger charge is -2.50. The van der Waals surface area contributed by atoms with Gasteiger partial charge in [0, 0.05) is 29.1 Å². The lowest BCUT2D eigenvalue weighted by atomic mass is 9.57. The molecule has 0 unspecified atom stereocenters. The number of hydrogen-bond acceptors (Lipinski definition) is 9. The predicted octanol–water partition coefficient (Wildman–Crippen LogP) is 1.12. The minimum absolute atomic E-state index is 0.0112. The predicted molar refractivity (Wildman–Crippen MR) is 131 cm³/mol. The first-order valence-electron chi connectivity index (χ1n) is 11.6. The van der Waals surface area contributed by atoms with Crippen LogP contribution in [0.25, 0.3) is 5.76 Å². The average molecular weight is 520 g/mol. The summed E-state index contributed by atoms with van der Waals surface area (Å²) in [5.74, 6) is -6.88. The highest BCUT2D eigenvalue weighted by Gasteiger charge is 2.64. The topological polar surface area (TPSA) is 173 Å². The van der Waals surface area contributed by atoms with Gasteiger partial charge in [-0.05, 0) is 50.0 Å². The van der Waals surface area contributed by atoms with Crippen molar-refractivity contribution in [2.45, 2.75) is 50.9 Å². The number of nitrogens with one attached hydrogen (secondary N) is 1. The molecule has 1 aromatic carbocycles. The summed E-state index contributed by atoms with van der Waals surface area (Å²) in [6.45, 7) is 4.29. The Morgan fingerprint density at radius 3 is 2.47 bits per heavy atom. The van der Waals surface area contributed by atoms with Gasteiger partial charge >= 0.3 is 0 Å². The van der Waals surface area contributed by atoms with Gasteiger partial charge in [-0.15, -0.1) is 0 Å². The Morgan fingerprint density at radius 1 is 1.28 bits per heavy atom. The summed E-state index contributed by atoms with van der Waals surface area (Å²) in [6, 6.07) is 0.432. The molecule has 0 bridgehead atoms. The van der Waals surface area contributed by atoms with E-state index in [1.165, 1.54) is 11.0 Å². The SMILES string of the molecule is CC(C)NCc1cc(O)c2c(c1Cl)C[C@H]1C[C@H]3[C@H](N(C)C)C(=O)C(C(N)=O)=C(O)[C@@]3(O)C(=O)C1=C2O. The number of carbonyl (C=O) groups excluding carboxylic acids is 3. The Kier molecular flexibility index (Phi) is 6.45. The van der Waals surface area contributed by atoms with E-state index in [4.69, 9.17) is 17.3 Å². The molecule has 0 saturated heterocycles. The van der Waals surface area contributed by atoms with Crippen LogP contribution in [0.4, 0.5) is 0 Å². The van der Waals surface area contributed by atoms with Gasteiger partial charge in [0.1, 0.15) is 22.8 Å². The molecule has 1 amide bonds. The number of likely N-dealkylation sites (N-methyl/N-ethyl adjacent to an activating group) is 1. The highest BCUT2D eigenvalue weighted by molar-refractivity contribution is 6.32. The number of hydrogen-bond donors (Lipinski definition) is 6. The van der Waals surface area contributed by atoms with Crippen molar-refractivity contribution in [2.75, 3.05) is 14.1 Å². The van der Waals surface area contributed by atoms with Crippen LogP contribution in [0.15, 0.2) is 23.0 Å². The first-order valence-corrected chi connectivity index (χ1v) is 12.0. The van der Waals surface area contributed by atoms with Gasteiger partial charge in [-0.25, -0.2) is 0 Å². The standard InChI is InChI=1S/C25H30ClN3O7/c1-9(2)28-8-11-7-14(30)16-12(18(11)26)5-10-6-13-19(29(3)4)21(32)17(24(27)35)23(34)25(13,36)22(33)15(10)20(16)31/h7,9-10,13,19,28,30-31,34,36H,5-6,8H2,1-4H3,(H2,27,35)/t10-,13-,19-,25-/m0/s1. The van der Waals surface area contributed by atoms with Crippen LogP contribution in [-0.2, 0) is 27.3 Å². The number of aromatic hydroxyl groups is 1. The van der Waals surface area contributed by atoms with Crippen molar-refractivity contribution in [1.82, 2.24) is 10.2 Å². The third-order valence-corrected chi connectivity index (χ3v) is 7.90. The number of phenols is 1. The number of aliphatic hydroxyl groups is 3. The van der Waals surface area contributed by atoms with Crippen LogP contribution in [-0.4, -0.2) is 74.6 Å². The van der Waals surface area contributed by atoms with Gasteiger partial charge in [-0.1, -0.05) is 25.4 Å². The second-order valence-electron chi connectivity index (χ2n) is 10.2. The van der Waals surface area contributed by atoms with Crippen molar-refractivity contribution in [3.8, 4) is 5.75 Å². The molecule has 0 radical (unpaired) electrons. The second kappa shape index (κ2) is 8.88. The van der Waals surface area contributed by atoms with E-state index >= 15 is 0 Å². The van der Waals surface area contributed by atoms with Crippen molar-refractivity contribution in [3.63, 3.8) is 0 Å². The maximum absolute atomic E-state index is 13.8. The number of amides is 1. The second-order valence-corrected chi connectivity index (χ2v) is 10.6. The molecule has 0 heterocycles. The number of aliphatic hydroxyl groups excluding tert-OH is 2. The normalized spacial score (nSPS) is 27.9. The smallest absolute Gasteiger partial charge is 0.255 e. The molecule has 4 atom stereocenters. The number of phenolic OH excluding ortho intramolecular Hbond substituents is 1. The molecule has 0 spiro atoms. The van der Waals surface area contributed by atoms with E-state index in [0.717, 1.165) is 0 Å². The van der Waals surface area contributed by atoms with Crippen molar-refractivity contribution < 1.29 is 34.8 Å². The Labute approximate surface area is 213 Å². The molecule has 11 heteroatoms. The summed E-state index contributed by atoms with van der Waals surface area (Å²) in [5, 5.41) is 47.9. The van der Waals surface area contributed by atoms with Crippen LogP contribution in [0.1, 0.15) is 37.0 Å². The number of nitrogens with two attached hydrogens (primary N) is 1. The molecule has 36 heavy (non-hydrogen) atoms. The molecule has 0 aromatic heterocycles. The van der Waals surface area contributed by atoms with Gasteiger partial charge in [0.15, 0.2) is 11.4 Å². The number of benzene rings is 1. The molecule has 1 fully saturated rings. The largest absolute Gasteiger partial charge is 0.508 e. The summed E-state index contributed by atoms with van der Waals surface area (Å²) in [4.78, 5) is 40.3. The third kappa shape index (κ3) is 3.62. The summed E-state index contributed by atoms with van der Waals surface area (Å²) >= 11 is 6.68. The van der Waals surface area contributed by atoms with Crippen LogP contribution in [0, 0.1) is 11.8 Å². The van der Waals surface area contributed by atoms with Crippen molar-refractivity contribution in [1.29, 1.82) is 0 Å². The van der Waals surface area contributed by atoms with Crippen LogP contribution in [0.3, 0.4) is 0 Å². The van der Waals surface area contributed by atoms with Crippen molar-refractivity contribution >= 4 is 34.8 Å². The van der Waals surface area contributed by atoms with Gasteiger partial charge in [0.2, 0.25) is 5.78 Å². The maximum Gasteiger partial charge on any atom is 0.255 e. The van der Waals surface area contributed by atoms with Gasteiger partial charge in [0.25, 0.3) is 5.91 Å². The summed E-state index contributed by atoms with van der Waals surface area (Å²) in [7, 11) is 3.10. The maximum atomic E-state index is 13.8. The number of rotatable bonds is 5. The van der Waals surface area contributed by atoms with E-state index in [1.807, 2.05) is 13.8 Å². The zero-order chi connectivity index (χ0) is 26.9. The molecule has 10 nitrogen and oxygen atoms in total. The number of ketones is 2. The van der Waals surface area contributed by atoms with Gasteiger partial charge in [-0.3, -0.25) is 19.3 Å². The number of fused-ring (bicyclic) bond motifs is 3. The van der Waals surface area contributed by atoms with Gasteiger partial charge in [0.05, 0.1) is 11.6 Å². The zero-order valence-corrected chi connectivity index (χ0v) is 21.2. The fraction of sp³-hybridized carbons (Fsp3) is 0.480. The summed E-state index contributed by atoms with van der Waals surface area (Å²) < 4.78 is 0. The molecule has 1 aromatic rings. The monoisotopic (exact) mass is 519 g/mol. The molecule has 194 valence electrons. The van der Waals surface area contributed by atoms with Crippen molar-refractivity contribution in [2.24, 2.45) is 17.6 Å². The fourth-order valence-electron chi connectivity index (χ4n) is 5.79. The van der Waals surface area contributed by atoms with E-state index in [-0.39, 0.29) is 35.8 Å². The van der Waals surface area contributed by atoms with Crippen LogP contribution in [0.5, 0.6) is 5.75 Å². The van der Waals surface area contributed by atoms with E-state index in [9.17, 15) is 34.8 Å². The van der Waals surface area contributed by atoms with Gasteiger partial charge < -0.3 is 31.5 Å². The van der Waals surface area contributed by atoms with Crippen LogP contribution >= 0.6 is 11.6 Å². The number of Topliss-reactive ketones (excluding diaryl/α,β-unsaturated/α-hetero) is 2. The summed E-state index contributed by atoms with van der Waals surface area (Å²) in [5.41, 5.74) is 2.65. The molecule has 4 rings (SSSR count). The Balaban J connectivity index is 1.91. The van der Waals surface area contributed by atoms with E-state index in [2.05, 4.69) is 5.32 Å². The Bertz CT molecular complexity index is 1250. The summed E-state index contributed by atoms with van der Waals surface area (Å²) in [6.07, 6.45) is 0.160. The van der Waals surface area contributed by atoms with Crippen LogP contribution < -0.4 is 11.1 Å². The lowest BCUT2D eigenvalue weighted by molar-refractivity contribution is -0.153. The van der Waals surface area contributed by atoms with E-state index in [0.29, 0.717) is 22.7 Å². The minimum atomic E-state index is -2.66. The number of halogens is 1. The molecule has 3 aliphatic rings. The zero-order valence-electron chi connectivity index (χ0n) is 20.4. The molecule has 1 saturated carbocycles. The first kappa shape index (κ1) is 26.2. The Morgan fingerprint density at radius 2 is 1.92 bits per heavy atom. The first-order chi connectivity index (χ1) is 16.7. The third-order valence-electron chi connectivity index (χ3n) is 7.43. The average Bonchev–Trinajstić information content (AvgIpc) is 2.77. The van der Waals surface area contributed by atoms with Crippen molar-refractivity contribution in [3.05, 3.63) is 44.7 Å². The van der Waals surface area contributed by atoms with E-state index < -0.39 is 58.0 Å². The number of carbonyl (C=O) groups is 3. The Hall–Kier alpha value is -2.92. The highest BCUT2D eigenvalue weighted by atomic mass is 35.5. The molecular formula is C25H30ClN3O7. The quantitative estimate of drug-likeness (QED) is 0.311. The molecule has 3 aliphatic carbocycles. The van der Waals surface area contributed by atoms with Gasteiger partial charge in [-0.2, -0.15) is 0 Å². The van der Waals surface area contributed by atoms with E-state index in [1.54, 1.807) is 14.1 Å². The number of nitrogens with zero attached hydrogens (tertiary/aromatic N) is 1.